The summed E-state index contributed by atoms with van der Waals surface area (Å²) in [4.78, 5) is 0. The van der Waals surface area contributed by atoms with Crippen molar-refractivity contribution in [2.45, 2.75) is 27.7 Å². The molecule has 0 aromatic heterocycles. The second-order valence-corrected chi connectivity index (χ2v) is 3.05. The molecule has 0 amide bonds. The molecule has 0 saturated heterocycles. The highest BCUT2D eigenvalue weighted by molar-refractivity contribution is 5.39. The maximum absolute atomic E-state index is 13.5. The van der Waals surface area contributed by atoms with Gasteiger partial charge in [0.25, 0.3) is 0 Å². The summed E-state index contributed by atoms with van der Waals surface area (Å²) in [5, 5.41) is 0. The van der Waals surface area contributed by atoms with Crippen LogP contribution in [0.15, 0.2) is 35.7 Å². The number of allylic oxidation sites excluding steroid dienone is 5. The van der Waals surface area contributed by atoms with Gasteiger partial charge in [0.2, 0.25) is 0 Å². The molecular weight excluding hydrogens is 175 g/mol. The van der Waals surface area contributed by atoms with E-state index in [4.69, 9.17) is 0 Å². The topological polar surface area (TPSA) is 0 Å². The van der Waals surface area contributed by atoms with Gasteiger partial charge in [0.05, 0.1) is 0 Å². The first-order valence-corrected chi connectivity index (χ1v) is 4.66. The van der Waals surface area contributed by atoms with Crippen molar-refractivity contribution >= 4 is 0 Å². The normalized spacial score (nSPS) is 15.1. The maximum Gasteiger partial charge on any atom is 0.123 e. The van der Waals surface area contributed by atoms with E-state index in [1.54, 1.807) is 19.9 Å². The van der Waals surface area contributed by atoms with E-state index >= 15 is 0 Å². The molecule has 0 fully saturated rings. The zero-order valence-electron chi connectivity index (χ0n) is 9.32. The lowest BCUT2D eigenvalue weighted by atomic mass is 9.95. The quantitative estimate of drug-likeness (QED) is 0.468. The van der Waals surface area contributed by atoms with Crippen LogP contribution >= 0.6 is 0 Å². The molecule has 0 heterocycles. The average Bonchev–Trinajstić information content (AvgIpc) is 2.17. The molecule has 76 valence electrons. The van der Waals surface area contributed by atoms with E-state index in [0.717, 1.165) is 5.57 Å². The Morgan fingerprint density at radius 3 is 2.43 bits per heavy atom. The molecule has 0 aliphatic heterocycles. The lowest BCUT2D eigenvalue weighted by Crippen LogP contribution is -2.00. The van der Waals surface area contributed by atoms with E-state index in [1.165, 1.54) is 6.08 Å². The largest absolute Gasteiger partial charge is 0.207 e. The smallest absolute Gasteiger partial charge is 0.123 e. The Kier molecular flexibility index (Phi) is 5.64. The lowest BCUT2D eigenvalue weighted by Gasteiger charge is -2.11. The summed E-state index contributed by atoms with van der Waals surface area (Å²) in [6, 6.07) is 0. The van der Waals surface area contributed by atoms with Gasteiger partial charge >= 0.3 is 0 Å². The van der Waals surface area contributed by atoms with Crippen LogP contribution in [0.4, 0.5) is 4.39 Å². The van der Waals surface area contributed by atoms with Crippen LogP contribution in [0.3, 0.4) is 0 Å². The number of rotatable bonds is 3. The van der Waals surface area contributed by atoms with Gasteiger partial charge in [-0.1, -0.05) is 24.7 Å². The van der Waals surface area contributed by atoms with Gasteiger partial charge in [-0.05, 0) is 33.3 Å². The van der Waals surface area contributed by atoms with E-state index < -0.39 is 0 Å². The summed E-state index contributed by atoms with van der Waals surface area (Å²) in [5.41, 5.74) is 1.48. The van der Waals surface area contributed by atoms with Crippen LogP contribution in [0.5, 0.6) is 0 Å². The number of halogens is 1. The number of hydrogen-bond donors (Lipinski definition) is 0. The van der Waals surface area contributed by atoms with Gasteiger partial charge in [-0.25, -0.2) is 4.39 Å². The first kappa shape index (κ1) is 12.7. The molecule has 0 rings (SSSR count). The van der Waals surface area contributed by atoms with Gasteiger partial charge < -0.3 is 0 Å². The Labute approximate surface area is 86.2 Å². The third kappa shape index (κ3) is 3.22. The minimum absolute atomic E-state index is 0.0887. The minimum atomic E-state index is -0.211. The zero-order chi connectivity index (χ0) is 11.1. The zero-order valence-corrected chi connectivity index (χ0v) is 9.32. The second kappa shape index (κ2) is 6.21. The summed E-state index contributed by atoms with van der Waals surface area (Å²) >= 11 is 0. The molecule has 0 N–H and O–H groups in total. The van der Waals surface area contributed by atoms with Crippen LogP contribution < -0.4 is 0 Å². The molecule has 0 bridgehead atoms. The average molecular weight is 192 g/mol. The molecule has 0 aromatic rings. The fourth-order valence-corrected chi connectivity index (χ4v) is 1.29. The van der Waals surface area contributed by atoms with Gasteiger partial charge in [0, 0.05) is 11.5 Å². The molecule has 0 saturated carbocycles. The first-order chi connectivity index (χ1) is 6.58. The fourth-order valence-electron chi connectivity index (χ4n) is 1.29. The van der Waals surface area contributed by atoms with Gasteiger partial charge in [0.15, 0.2) is 0 Å². The van der Waals surface area contributed by atoms with Gasteiger partial charge in [-0.3, -0.25) is 0 Å². The molecule has 0 spiro atoms. The molecule has 0 nitrogen and oxygen atoms in total. The van der Waals surface area contributed by atoms with E-state index in [-0.39, 0.29) is 11.7 Å². The van der Waals surface area contributed by atoms with Crippen molar-refractivity contribution in [3.63, 3.8) is 0 Å². The third-order valence-electron chi connectivity index (χ3n) is 2.04. The number of hydrogen-bond acceptors (Lipinski definition) is 0. The van der Waals surface area contributed by atoms with Gasteiger partial charge in [0.1, 0.15) is 5.83 Å². The van der Waals surface area contributed by atoms with E-state index in [2.05, 4.69) is 18.4 Å². The van der Waals surface area contributed by atoms with Crippen molar-refractivity contribution < 1.29 is 4.39 Å². The van der Waals surface area contributed by atoms with Gasteiger partial charge in [-0.2, -0.15) is 0 Å². The summed E-state index contributed by atoms with van der Waals surface area (Å²) in [7, 11) is 0. The van der Waals surface area contributed by atoms with Crippen LogP contribution in [0.25, 0.3) is 0 Å². The monoisotopic (exact) mass is 192 g/mol. The SMILES string of the molecule is C=C/C(C)=C(\C(F)=C/C)C(C)C#CC. The first-order valence-electron chi connectivity index (χ1n) is 4.66. The Morgan fingerprint density at radius 1 is 1.50 bits per heavy atom. The highest BCUT2D eigenvalue weighted by Gasteiger charge is 2.12. The van der Waals surface area contributed by atoms with Crippen molar-refractivity contribution in [2.75, 3.05) is 0 Å². The van der Waals surface area contributed by atoms with Crippen LogP contribution in [0.1, 0.15) is 27.7 Å². The Bertz CT molecular complexity index is 321. The summed E-state index contributed by atoms with van der Waals surface area (Å²) < 4.78 is 13.5. The van der Waals surface area contributed by atoms with Crippen molar-refractivity contribution in [1.29, 1.82) is 0 Å². The Morgan fingerprint density at radius 2 is 2.07 bits per heavy atom. The summed E-state index contributed by atoms with van der Waals surface area (Å²) in [5.74, 6) is 5.43. The Hall–Kier alpha value is -1.29. The molecule has 1 unspecified atom stereocenters. The molecule has 14 heavy (non-hydrogen) atoms. The fraction of sp³-hybridized carbons (Fsp3) is 0.385. The van der Waals surface area contributed by atoms with Crippen molar-refractivity contribution in [3.05, 3.63) is 35.7 Å². The third-order valence-corrected chi connectivity index (χ3v) is 2.04. The van der Waals surface area contributed by atoms with Crippen LogP contribution in [-0.4, -0.2) is 0 Å². The molecular formula is C13H17F. The Balaban J connectivity index is 5.29. The van der Waals surface area contributed by atoms with E-state index in [0.29, 0.717) is 5.57 Å². The predicted octanol–water partition coefficient (Wildman–Crippen LogP) is 4.02. The molecule has 0 aromatic carbocycles. The molecule has 0 radical (unpaired) electrons. The van der Waals surface area contributed by atoms with Crippen LogP contribution in [0, 0.1) is 17.8 Å². The minimum Gasteiger partial charge on any atom is -0.207 e. The van der Waals surface area contributed by atoms with Crippen LogP contribution in [0.2, 0.25) is 0 Å². The molecule has 0 aliphatic carbocycles. The molecule has 1 atom stereocenters. The summed E-state index contributed by atoms with van der Waals surface area (Å²) in [6.07, 6.45) is 3.11. The summed E-state index contributed by atoms with van der Waals surface area (Å²) in [6.45, 7) is 10.8. The predicted molar refractivity (Wildman–Crippen MR) is 60.4 cm³/mol. The van der Waals surface area contributed by atoms with Crippen LogP contribution in [-0.2, 0) is 0 Å². The van der Waals surface area contributed by atoms with E-state index in [1.807, 2.05) is 13.8 Å². The van der Waals surface area contributed by atoms with Crippen molar-refractivity contribution in [2.24, 2.45) is 5.92 Å². The highest BCUT2D eigenvalue weighted by Crippen LogP contribution is 2.24. The van der Waals surface area contributed by atoms with Gasteiger partial charge in [-0.15, -0.1) is 5.92 Å². The standard InChI is InChI=1S/C13H17F/c1-6-9-11(5)13(10(4)7-2)12(14)8-3/h7-8,11H,2H2,1,3-5H3/b12-8+,13-10-. The van der Waals surface area contributed by atoms with E-state index in [9.17, 15) is 4.39 Å². The van der Waals surface area contributed by atoms with Crippen molar-refractivity contribution in [1.82, 2.24) is 0 Å². The molecule has 1 heteroatoms. The van der Waals surface area contributed by atoms with Crippen molar-refractivity contribution in [3.8, 4) is 11.8 Å². The molecule has 0 aliphatic rings. The highest BCUT2D eigenvalue weighted by atomic mass is 19.1. The lowest BCUT2D eigenvalue weighted by molar-refractivity contribution is 0.622. The maximum atomic E-state index is 13.5. The second-order valence-electron chi connectivity index (χ2n) is 3.05.